The first-order valence-electron chi connectivity index (χ1n) is 8.87. The smallest absolute Gasteiger partial charge is 0.220 e. The second kappa shape index (κ2) is 11.2. The molecule has 0 aliphatic carbocycles. The molecule has 6 heteroatoms. The van der Waals surface area contributed by atoms with E-state index >= 15 is 0 Å². The van der Waals surface area contributed by atoms with Gasteiger partial charge in [0.2, 0.25) is 5.91 Å². The minimum atomic E-state index is -0.112. The van der Waals surface area contributed by atoms with Gasteiger partial charge in [0.15, 0.2) is 11.5 Å². The van der Waals surface area contributed by atoms with Crippen molar-refractivity contribution in [2.75, 3.05) is 26.7 Å². The quantitative estimate of drug-likeness (QED) is 0.738. The maximum absolute atomic E-state index is 12.2. The second-order valence-electron chi connectivity index (χ2n) is 6.65. The summed E-state index contributed by atoms with van der Waals surface area (Å²) in [4.78, 5) is 12.2. The molecule has 2 unspecified atom stereocenters. The van der Waals surface area contributed by atoms with Crippen LogP contribution in [0.25, 0.3) is 0 Å². The van der Waals surface area contributed by atoms with Gasteiger partial charge in [-0.15, -0.1) is 12.4 Å². The van der Waals surface area contributed by atoms with Crippen LogP contribution in [-0.2, 0) is 4.79 Å². The topological polar surface area (TPSA) is 59.6 Å². The summed E-state index contributed by atoms with van der Waals surface area (Å²) in [6, 6.07) is 7.54. The lowest BCUT2D eigenvalue weighted by Gasteiger charge is -2.28. The fraction of sp³-hybridized carbons (Fsp3) is 0.632. The zero-order valence-electron chi connectivity index (χ0n) is 15.4. The van der Waals surface area contributed by atoms with Gasteiger partial charge in [-0.1, -0.05) is 19.1 Å². The van der Waals surface area contributed by atoms with E-state index in [1.54, 1.807) is 7.11 Å². The molecule has 1 aromatic carbocycles. The number of piperidine rings is 1. The molecular weight excluding hydrogens is 340 g/mol. The Bertz CT molecular complexity index is 521. The Morgan fingerprint density at radius 2 is 1.88 bits per heavy atom. The fourth-order valence-corrected chi connectivity index (χ4v) is 3.18. The Morgan fingerprint density at radius 3 is 2.52 bits per heavy atom. The van der Waals surface area contributed by atoms with Crippen molar-refractivity contribution in [3.8, 4) is 11.5 Å². The van der Waals surface area contributed by atoms with E-state index in [4.69, 9.17) is 9.47 Å². The zero-order chi connectivity index (χ0) is 17.4. The highest BCUT2D eigenvalue weighted by atomic mass is 35.5. The summed E-state index contributed by atoms with van der Waals surface area (Å²) >= 11 is 0. The molecule has 25 heavy (non-hydrogen) atoms. The first-order valence-corrected chi connectivity index (χ1v) is 8.87. The van der Waals surface area contributed by atoms with Crippen LogP contribution in [0.5, 0.6) is 11.5 Å². The summed E-state index contributed by atoms with van der Waals surface area (Å²) in [6.07, 6.45) is 2.81. The normalized spacial score (nSPS) is 17.1. The summed E-state index contributed by atoms with van der Waals surface area (Å²) < 4.78 is 11.1. The molecule has 142 valence electrons. The number of halogens is 1. The Hall–Kier alpha value is -1.46. The van der Waals surface area contributed by atoms with Crippen molar-refractivity contribution in [2.45, 2.75) is 39.2 Å². The third-order valence-electron chi connectivity index (χ3n) is 4.68. The lowest BCUT2D eigenvalue weighted by Crippen LogP contribution is -2.36. The van der Waals surface area contributed by atoms with Crippen molar-refractivity contribution in [1.82, 2.24) is 10.6 Å². The third-order valence-corrected chi connectivity index (χ3v) is 4.68. The number of rotatable bonds is 8. The van der Waals surface area contributed by atoms with Crippen molar-refractivity contribution in [3.05, 3.63) is 24.3 Å². The standard InChI is InChI=1S/C19H30N2O3.ClH/c1-14(16-8-10-20-11-9-16)12-19(22)21-13-15(2)24-18-7-5-4-6-17(18)23-3;/h4-7,14-16,20H,8-13H2,1-3H3,(H,21,22);1H. The van der Waals surface area contributed by atoms with E-state index in [1.807, 2.05) is 31.2 Å². The first kappa shape index (κ1) is 21.6. The summed E-state index contributed by atoms with van der Waals surface area (Å²) in [6.45, 7) is 6.77. The Labute approximate surface area is 157 Å². The summed E-state index contributed by atoms with van der Waals surface area (Å²) in [5.74, 6) is 2.59. The zero-order valence-corrected chi connectivity index (χ0v) is 16.2. The molecular formula is C19H31ClN2O3. The van der Waals surface area contributed by atoms with Crippen LogP contribution in [0.1, 0.15) is 33.1 Å². The van der Waals surface area contributed by atoms with Gasteiger partial charge in [0.25, 0.3) is 0 Å². The molecule has 1 heterocycles. The van der Waals surface area contributed by atoms with Crippen molar-refractivity contribution in [3.63, 3.8) is 0 Å². The molecule has 2 rings (SSSR count). The number of hydrogen-bond acceptors (Lipinski definition) is 4. The van der Waals surface area contributed by atoms with Crippen molar-refractivity contribution in [2.24, 2.45) is 11.8 Å². The molecule has 1 aliphatic rings. The number of nitrogens with one attached hydrogen (secondary N) is 2. The van der Waals surface area contributed by atoms with Crippen LogP contribution in [-0.4, -0.2) is 38.8 Å². The maximum Gasteiger partial charge on any atom is 0.220 e. The van der Waals surface area contributed by atoms with Crippen LogP contribution in [0.15, 0.2) is 24.3 Å². The van der Waals surface area contributed by atoms with Crippen LogP contribution in [0.3, 0.4) is 0 Å². The molecule has 0 bridgehead atoms. The van der Waals surface area contributed by atoms with Gasteiger partial charge in [0.1, 0.15) is 6.10 Å². The van der Waals surface area contributed by atoms with Crippen LogP contribution in [0.4, 0.5) is 0 Å². The number of benzene rings is 1. The number of para-hydroxylation sites is 2. The predicted molar refractivity (Wildman–Crippen MR) is 103 cm³/mol. The van der Waals surface area contributed by atoms with Crippen molar-refractivity contribution in [1.29, 1.82) is 0 Å². The van der Waals surface area contributed by atoms with E-state index < -0.39 is 0 Å². The van der Waals surface area contributed by atoms with Gasteiger partial charge >= 0.3 is 0 Å². The molecule has 1 aliphatic heterocycles. The maximum atomic E-state index is 12.2. The SMILES string of the molecule is COc1ccccc1OC(C)CNC(=O)CC(C)C1CCNCC1.Cl. The number of methoxy groups -OCH3 is 1. The fourth-order valence-electron chi connectivity index (χ4n) is 3.18. The highest BCUT2D eigenvalue weighted by Crippen LogP contribution is 2.27. The average Bonchev–Trinajstić information content (AvgIpc) is 2.61. The van der Waals surface area contributed by atoms with E-state index in [-0.39, 0.29) is 24.4 Å². The van der Waals surface area contributed by atoms with E-state index in [0.717, 1.165) is 13.1 Å². The van der Waals surface area contributed by atoms with Crippen LogP contribution < -0.4 is 20.1 Å². The summed E-state index contributed by atoms with van der Waals surface area (Å²) in [5.41, 5.74) is 0. The number of ether oxygens (including phenoxy) is 2. The molecule has 0 aromatic heterocycles. The van der Waals surface area contributed by atoms with E-state index in [9.17, 15) is 4.79 Å². The van der Waals surface area contributed by atoms with Crippen LogP contribution in [0, 0.1) is 11.8 Å². The van der Waals surface area contributed by atoms with Gasteiger partial charge in [-0.3, -0.25) is 4.79 Å². The van der Waals surface area contributed by atoms with E-state index in [2.05, 4.69) is 17.6 Å². The van der Waals surface area contributed by atoms with Crippen molar-refractivity contribution < 1.29 is 14.3 Å². The minimum absolute atomic E-state index is 0. The molecule has 1 fully saturated rings. The van der Waals surface area contributed by atoms with E-state index in [1.165, 1.54) is 12.8 Å². The second-order valence-corrected chi connectivity index (χ2v) is 6.65. The molecule has 2 atom stereocenters. The Morgan fingerprint density at radius 1 is 1.24 bits per heavy atom. The highest BCUT2D eigenvalue weighted by molar-refractivity contribution is 5.85. The van der Waals surface area contributed by atoms with Crippen LogP contribution >= 0.6 is 12.4 Å². The summed E-state index contributed by atoms with van der Waals surface area (Å²) in [5, 5.41) is 6.36. The summed E-state index contributed by atoms with van der Waals surface area (Å²) in [7, 11) is 1.62. The monoisotopic (exact) mass is 370 g/mol. The minimum Gasteiger partial charge on any atom is -0.493 e. The molecule has 5 nitrogen and oxygen atoms in total. The first-order chi connectivity index (χ1) is 11.6. The largest absolute Gasteiger partial charge is 0.493 e. The van der Waals surface area contributed by atoms with Gasteiger partial charge in [-0.2, -0.15) is 0 Å². The molecule has 1 saturated heterocycles. The Kier molecular flexibility index (Phi) is 9.68. The molecule has 1 amide bonds. The molecule has 2 N–H and O–H groups in total. The van der Waals surface area contributed by atoms with Gasteiger partial charge in [0, 0.05) is 6.42 Å². The van der Waals surface area contributed by atoms with E-state index in [0.29, 0.717) is 36.3 Å². The van der Waals surface area contributed by atoms with Gasteiger partial charge in [0.05, 0.1) is 13.7 Å². The predicted octanol–water partition coefficient (Wildman–Crippen LogP) is 3.03. The molecule has 0 saturated carbocycles. The van der Waals surface area contributed by atoms with Crippen molar-refractivity contribution >= 4 is 18.3 Å². The number of carbonyl (C=O) groups excluding carboxylic acids is 1. The Balaban J connectivity index is 0.00000312. The van der Waals surface area contributed by atoms with Gasteiger partial charge in [-0.05, 0) is 56.8 Å². The highest BCUT2D eigenvalue weighted by Gasteiger charge is 2.22. The average molecular weight is 371 g/mol. The third kappa shape index (κ3) is 7.12. The van der Waals surface area contributed by atoms with Gasteiger partial charge in [-0.25, -0.2) is 0 Å². The number of amides is 1. The van der Waals surface area contributed by atoms with Crippen LogP contribution in [0.2, 0.25) is 0 Å². The lowest BCUT2D eigenvalue weighted by atomic mass is 9.84. The van der Waals surface area contributed by atoms with Gasteiger partial charge < -0.3 is 20.1 Å². The molecule has 1 aromatic rings. The number of hydrogen-bond donors (Lipinski definition) is 2. The number of carbonyl (C=O) groups is 1. The lowest BCUT2D eigenvalue weighted by molar-refractivity contribution is -0.122. The molecule has 0 radical (unpaired) electrons. The molecule has 0 spiro atoms.